The van der Waals surface area contributed by atoms with Crippen molar-refractivity contribution in [2.45, 2.75) is 26.7 Å². The number of carbonyl (C=O) groups excluding carboxylic acids is 2. The van der Waals surface area contributed by atoms with Gasteiger partial charge >= 0.3 is 5.97 Å². The number of fused-ring (bicyclic) bond motifs is 1. The van der Waals surface area contributed by atoms with Crippen molar-refractivity contribution in [1.29, 1.82) is 0 Å². The van der Waals surface area contributed by atoms with Crippen LogP contribution >= 0.6 is 0 Å². The molecule has 1 N–H and O–H groups in total. The Hall–Kier alpha value is -3.74. The summed E-state index contributed by atoms with van der Waals surface area (Å²) in [4.78, 5) is 23.9. The van der Waals surface area contributed by atoms with Crippen LogP contribution in [0.4, 0.5) is 5.69 Å². The summed E-state index contributed by atoms with van der Waals surface area (Å²) < 4.78 is 21.9. The first-order valence-corrected chi connectivity index (χ1v) is 10.4. The van der Waals surface area contributed by atoms with Crippen LogP contribution in [0.15, 0.2) is 59.0 Å². The van der Waals surface area contributed by atoms with Gasteiger partial charge in [0.15, 0.2) is 11.3 Å². The quantitative estimate of drug-likeness (QED) is 0.266. The number of esters is 1. The lowest BCUT2D eigenvalue weighted by Gasteiger charge is -2.06. The number of hydrogen-bond donors (Lipinski definition) is 1. The molecule has 1 amide bonds. The van der Waals surface area contributed by atoms with Crippen LogP contribution in [-0.2, 0) is 14.3 Å². The molecule has 32 heavy (non-hydrogen) atoms. The van der Waals surface area contributed by atoms with Crippen molar-refractivity contribution < 1.29 is 28.2 Å². The number of ether oxygens (including phenoxy) is 3. The second-order valence-corrected chi connectivity index (χ2v) is 7.09. The fourth-order valence-corrected chi connectivity index (χ4v) is 3.12. The zero-order chi connectivity index (χ0) is 22.9. The van der Waals surface area contributed by atoms with Crippen molar-refractivity contribution in [3.63, 3.8) is 0 Å². The molecule has 0 spiro atoms. The first-order chi connectivity index (χ1) is 15.5. The van der Waals surface area contributed by atoms with Crippen molar-refractivity contribution in [1.82, 2.24) is 0 Å². The van der Waals surface area contributed by atoms with Crippen LogP contribution in [0, 0.1) is 0 Å². The molecule has 0 aliphatic rings. The molecule has 1 aromatic heterocycles. The topological polar surface area (TPSA) is 87.0 Å². The number of methoxy groups -OCH3 is 1. The second-order valence-electron chi connectivity index (χ2n) is 7.09. The Bertz CT molecular complexity index is 1110. The maximum Gasteiger partial charge on any atom is 0.305 e. The maximum atomic E-state index is 12.4. The Balaban J connectivity index is 1.67. The molecular weight excluding hydrogens is 410 g/mol. The van der Waals surface area contributed by atoms with E-state index >= 15 is 0 Å². The van der Waals surface area contributed by atoms with Crippen LogP contribution in [0.2, 0.25) is 0 Å². The lowest BCUT2D eigenvalue weighted by Crippen LogP contribution is -2.08. The fourth-order valence-electron chi connectivity index (χ4n) is 3.12. The summed E-state index contributed by atoms with van der Waals surface area (Å²) in [6, 6.07) is 14.6. The molecule has 3 aromatic rings. The molecular formula is C25H27NO6. The van der Waals surface area contributed by atoms with E-state index in [9.17, 15) is 9.59 Å². The molecule has 0 aliphatic heterocycles. The number of benzene rings is 2. The van der Waals surface area contributed by atoms with Gasteiger partial charge in [-0.05, 0) is 50.1 Å². The van der Waals surface area contributed by atoms with Gasteiger partial charge in [-0.1, -0.05) is 18.2 Å². The number of allylic oxidation sites excluding steroid dienone is 1. The van der Waals surface area contributed by atoms with Gasteiger partial charge in [0.1, 0.15) is 11.5 Å². The van der Waals surface area contributed by atoms with Crippen LogP contribution in [0.3, 0.4) is 0 Å². The third kappa shape index (κ3) is 6.14. The highest BCUT2D eigenvalue weighted by Gasteiger charge is 2.12. The summed E-state index contributed by atoms with van der Waals surface area (Å²) in [7, 11) is 1.57. The van der Waals surface area contributed by atoms with Gasteiger partial charge in [-0.15, -0.1) is 0 Å². The number of para-hydroxylation sites is 1. The van der Waals surface area contributed by atoms with E-state index in [1.807, 2.05) is 37.3 Å². The van der Waals surface area contributed by atoms with E-state index in [0.29, 0.717) is 60.2 Å². The Labute approximate surface area is 187 Å². The van der Waals surface area contributed by atoms with Crippen LogP contribution in [0.1, 0.15) is 32.4 Å². The van der Waals surface area contributed by atoms with Gasteiger partial charge in [0.05, 0.1) is 20.3 Å². The smallest absolute Gasteiger partial charge is 0.305 e. The van der Waals surface area contributed by atoms with E-state index < -0.39 is 0 Å². The molecule has 0 aliphatic carbocycles. The molecule has 0 saturated heterocycles. The Morgan fingerprint density at radius 2 is 1.94 bits per heavy atom. The summed E-state index contributed by atoms with van der Waals surface area (Å²) in [5.74, 6) is 1.32. The third-order valence-electron chi connectivity index (χ3n) is 4.67. The van der Waals surface area contributed by atoms with Gasteiger partial charge in [0, 0.05) is 29.6 Å². The molecule has 0 fully saturated rings. The molecule has 3 rings (SSSR count). The minimum absolute atomic E-state index is 0.234. The van der Waals surface area contributed by atoms with E-state index in [1.165, 1.54) is 6.08 Å². The van der Waals surface area contributed by atoms with E-state index in [0.717, 1.165) is 5.39 Å². The summed E-state index contributed by atoms with van der Waals surface area (Å²) in [5, 5.41) is 3.68. The fraction of sp³-hybridized carbons (Fsp3) is 0.280. The molecule has 1 heterocycles. The van der Waals surface area contributed by atoms with E-state index in [1.54, 1.807) is 32.2 Å². The van der Waals surface area contributed by atoms with Gasteiger partial charge < -0.3 is 23.9 Å². The lowest BCUT2D eigenvalue weighted by molar-refractivity contribution is -0.143. The number of nitrogens with one attached hydrogen (secondary N) is 1. The van der Waals surface area contributed by atoms with Gasteiger partial charge in [-0.2, -0.15) is 0 Å². The minimum Gasteiger partial charge on any atom is -0.497 e. The standard InChI is InChI=1S/C25H27NO6/c1-4-30-24(28)12-7-13-31-21-11-5-8-18-15-22(32-25(18)21)17(2)14-23(27)26-19-9-6-10-20(16-19)29-3/h5-6,8-11,14-16H,4,7,12-13H2,1-3H3,(H,26,27). The largest absolute Gasteiger partial charge is 0.497 e. The average Bonchev–Trinajstić information content (AvgIpc) is 3.22. The number of rotatable bonds is 10. The SMILES string of the molecule is CCOC(=O)CCCOc1cccc2cc(C(C)=CC(=O)Nc3cccc(OC)c3)oc12. The zero-order valence-corrected chi connectivity index (χ0v) is 18.5. The second kappa shape index (κ2) is 11.0. The van der Waals surface area contributed by atoms with Crippen molar-refractivity contribution in [2.24, 2.45) is 0 Å². The Morgan fingerprint density at radius 3 is 2.72 bits per heavy atom. The molecule has 0 radical (unpaired) electrons. The van der Waals surface area contributed by atoms with Gasteiger partial charge in [-0.25, -0.2) is 0 Å². The molecule has 7 heteroatoms. The van der Waals surface area contributed by atoms with Crippen molar-refractivity contribution >= 4 is 34.1 Å². The highest BCUT2D eigenvalue weighted by molar-refractivity contribution is 6.04. The molecule has 0 atom stereocenters. The molecule has 2 aromatic carbocycles. The summed E-state index contributed by atoms with van der Waals surface area (Å²) in [6.07, 6.45) is 2.33. The summed E-state index contributed by atoms with van der Waals surface area (Å²) in [5.41, 5.74) is 1.91. The van der Waals surface area contributed by atoms with Gasteiger partial charge in [-0.3, -0.25) is 9.59 Å². The maximum absolute atomic E-state index is 12.4. The lowest BCUT2D eigenvalue weighted by atomic mass is 10.2. The highest BCUT2D eigenvalue weighted by Crippen LogP contribution is 2.31. The van der Waals surface area contributed by atoms with Crippen LogP contribution in [0.5, 0.6) is 11.5 Å². The first kappa shape index (κ1) is 22.9. The van der Waals surface area contributed by atoms with E-state index in [4.69, 9.17) is 18.6 Å². The first-order valence-electron chi connectivity index (χ1n) is 10.4. The number of amides is 1. The van der Waals surface area contributed by atoms with Gasteiger partial charge in [0.2, 0.25) is 5.91 Å². The van der Waals surface area contributed by atoms with E-state index in [-0.39, 0.29) is 11.9 Å². The number of hydrogen-bond acceptors (Lipinski definition) is 6. The molecule has 0 saturated carbocycles. The van der Waals surface area contributed by atoms with Crippen LogP contribution < -0.4 is 14.8 Å². The van der Waals surface area contributed by atoms with Crippen LogP contribution in [-0.4, -0.2) is 32.2 Å². The number of furan rings is 1. The predicted molar refractivity (Wildman–Crippen MR) is 123 cm³/mol. The number of carbonyl (C=O) groups is 2. The van der Waals surface area contributed by atoms with Crippen molar-refractivity contribution in [3.8, 4) is 11.5 Å². The van der Waals surface area contributed by atoms with Crippen molar-refractivity contribution in [2.75, 3.05) is 25.6 Å². The molecule has 0 bridgehead atoms. The zero-order valence-electron chi connectivity index (χ0n) is 18.5. The van der Waals surface area contributed by atoms with Gasteiger partial charge in [0.25, 0.3) is 0 Å². The minimum atomic E-state index is -0.272. The predicted octanol–water partition coefficient (Wildman–Crippen LogP) is 5.21. The average molecular weight is 437 g/mol. The number of anilines is 1. The monoisotopic (exact) mass is 437 g/mol. The van der Waals surface area contributed by atoms with Crippen LogP contribution in [0.25, 0.3) is 16.5 Å². The summed E-state index contributed by atoms with van der Waals surface area (Å²) >= 11 is 0. The summed E-state index contributed by atoms with van der Waals surface area (Å²) in [6.45, 7) is 4.33. The molecule has 0 unspecified atom stereocenters. The van der Waals surface area contributed by atoms with E-state index in [2.05, 4.69) is 5.32 Å². The highest BCUT2D eigenvalue weighted by atomic mass is 16.5. The third-order valence-corrected chi connectivity index (χ3v) is 4.67. The molecule has 168 valence electrons. The normalized spacial score (nSPS) is 11.3. The Morgan fingerprint density at radius 1 is 1.12 bits per heavy atom. The Kier molecular flexibility index (Phi) is 7.91. The van der Waals surface area contributed by atoms with Crippen molar-refractivity contribution in [3.05, 3.63) is 60.4 Å². The molecule has 7 nitrogen and oxygen atoms in total.